The lowest BCUT2D eigenvalue weighted by atomic mass is 10.0. The van der Waals surface area contributed by atoms with Crippen molar-refractivity contribution in [3.8, 4) is 11.5 Å². The third-order valence-electron chi connectivity index (χ3n) is 8.68. The molecule has 0 bridgehead atoms. The van der Waals surface area contributed by atoms with Crippen LogP contribution in [0.25, 0.3) is 0 Å². The first-order chi connectivity index (χ1) is 21.7. The van der Waals surface area contributed by atoms with Crippen LogP contribution in [0.2, 0.25) is 30.1 Å². The highest BCUT2D eigenvalue weighted by atomic mass is 35.5. The minimum Gasteiger partial charge on any atom is -0.462 e. The standard InChI is InChI=1S/C32H32Cl6O8/c1-5-15(17-7-13(17)3)11-43-29(39)23-25(37)19(33)9-21(35)27(23)45-31(41)32(42)46-28-22(36)10-20(34)26(38)24(28)30(40)44-12-16(6-2)18-8-14(18)4/h9-10,13-18H,5-8,11-12H2,1-4H3/t13-,14?,15?,16?,17?,18?/m0/s1. The van der Waals surface area contributed by atoms with Crippen molar-refractivity contribution < 1.29 is 38.1 Å². The summed E-state index contributed by atoms with van der Waals surface area (Å²) in [6, 6.07) is 2.26. The largest absolute Gasteiger partial charge is 0.462 e. The number of carbonyl (C=O) groups excluding carboxylic acids is 4. The molecule has 0 aromatic heterocycles. The van der Waals surface area contributed by atoms with E-state index in [1.165, 1.54) is 0 Å². The summed E-state index contributed by atoms with van der Waals surface area (Å²) < 4.78 is 21.4. The lowest BCUT2D eigenvalue weighted by Crippen LogP contribution is -2.28. The molecule has 2 aromatic carbocycles. The van der Waals surface area contributed by atoms with E-state index in [9.17, 15) is 19.2 Å². The number of benzene rings is 2. The topological polar surface area (TPSA) is 105 Å². The van der Waals surface area contributed by atoms with Crippen LogP contribution in [0.4, 0.5) is 0 Å². The number of ether oxygens (including phenoxy) is 4. The molecule has 0 N–H and O–H groups in total. The van der Waals surface area contributed by atoms with Crippen LogP contribution in [0.5, 0.6) is 11.5 Å². The SMILES string of the molecule is CCC(COC(=O)c1c(Cl)c(Cl)cc(Cl)c1OC(=O)C(=O)Oc1c(Cl)cc(Cl)c(Cl)c1C(=O)OCC(CC)C1C[C@@H]1C)C1CC1C. The second kappa shape index (κ2) is 15.5. The van der Waals surface area contributed by atoms with E-state index < -0.39 is 46.5 Å². The molecule has 4 rings (SSSR count). The fraction of sp³-hybridized carbons (Fsp3) is 0.500. The van der Waals surface area contributed by atoms with Crippen LogP contribution in [0.1, 0.15) is 74.1 Å². The quantitative estimate of drug-likeness (QED) is 0.0913. The van der Waals surface area contributed by atoms with E-state index in [0.717, 1.165) is 37.8 Å². The van der Waals surface area contributed by atoms with Crippen molar-refractivity contribution in [3.05, 3.63) is 53.4 Å². The Labute approximate surface area is 297 Å². The smallest absolute Gasteiger partial charge is 0.423 e. The molecule has 0 spiro atoms. The molecule has 2 aromatic rings. The Kier molecular flexibility index (Phi) is 12.4. The summed E-state index contributed by atoms with van der Waals surface area (Å²) in [4.78, 5) is 52.3. The molecule has 0 heterocycles. The van der Waals surface area contributed by atoms with Gasteiger partial charge < -0.3 is 18.9 Å². The van der Waals surface area contributed by atoms with Gasteiger partial charge in [-0.05, 0) is 73.3 Å². The van der Waals surface area contributed by atoms with Crippen molar-refractivity contribution in [2.75, 3.05) is 13.2 Å². The summed E-state index contributed by atoms with van der Waals surface area (Å²) in [5, 5.41) is -1.45. The molecule has 0 radical (unpaired) electrons. The van der Waals surface area contributed by atoms with Gasteiger partial charge in [-0.3, -0.25) is 0 Å². The van der Waals surface area contributed by atoms with Crippen LogP contribution in [-0.2, 0) is 19.1 Å². The van der Waals surface area contributed by atoms with Crippen molar-refractivity contribution >= 4 is 93.5 Å². The monoisotopic (exact) mass is 754 g/mol. The fourth-order valence-corrected chi connectivity index (χ4v) is 7.04. The highest BCUT2D eigenvalue weighted by molar-refractivity contribution is 6.47. The van der Waals surface area contributed by atoms with Crippen LogP contribution in [0.15, 0.2) is 12.1 Å². The van der Waals surface area contributed by atoms with Crippen LogP contribution in [0.3, 0.4) is 0 Å². The molecule has 2 saturated carbocycles. The van der Waals surface area contributed by atoms with Gasteiger partial charge in [0, 0.05) is 0 Å². The second-order valence-electron chi connectivity index (χ2n) is 11.8. The molecule has 2 aliphatic rings. The third-order valence-corrected chi connectivity index (χ3v) is 10.8. The minimum atomic E-state index is -1.64. The minimum absolute atomic E-state index is 0.0909. The molecular formula is C32H32Cl6O8. The van der Waals surface area contributed by atoms with Crippen LogP contribution >= 0.6 is 69.6 Å². The summed E-state index contributed by atoms with van der Waals surface area (Å²) in [6.45, 7) is 8.41. The Bertz CT molecular complexity index is 1430. The lowest BCUT2D eigenvalue weighted by Gasteiger charge is -2.18. The summed E-state index contributed by atoms with van der Waals surface area (Å²) in [7, 11) is 0. The maximum Gasteiger partial charge on any atom is 0.423 e. The molecule has 250 valence electrons. The zero-order chi connectivity index (χ0) is 34.0. The molecule has 46 heavy (non-hydrogen) atoms. The first kappa shape index (κ1) is 36.9. The molecule has 0 aliphatic heterocycles. The summed E-state index contributed by atoms with van der Waals surface area (Å²) in [5.41, 5.74) is -0.905. The molecule has 5 unspecified atom stereocenters. The van der Waals surface area contributed by atoms with E-state index in [1.807, 2.05) is 13.8 Å². The number of esters is 4. The van der Waals surface area contributed by atoms with Gasteiger partial charge in [-0.1, -0.05) is 97.3 Å². The Morgan fingerprint density at radius 2 is 0.978 bits per heavy atom. The Balaban J connectivity index is 1.54. The Morgan fingerprint density at radius 1 is 0.652 bits per heavy atom. The van der Waals surface area contributed by atoms with Gasteiger partial charge in [-0.15, -0.1) is 0 Å². The molecule has 2 aliphatic carbocycles. The summed E-state index contributed by atoms with van der Waals surface area (Å²) in [5.74, 6) is -4.19. The van der Waals surface area contributed by atoms with Crippen LogP contribution < -0.4 is 9.47 Å². The Hall–Kier alpha value is -1.94. The van der Waals surface area contributed by atoms with Crippen molar-refractivity contribution in [2.45, 2.75) is 53.4 Å². The third kappa shape index (κ3) is 8.37. The average Bonchev–Trinajstić information content (AvgIpc) is 3.92. The number of hydrogen-bond acceptors (Lipinski definition) is 8. The van der Waals surface area contributed by atoms with Gasteiger partial charge in [0.15, 0.2) is 11.5 Å². The van der Waals surface area contributed by atoms with Crippen molar-refractivity contribution in [3.63, 3.8) is 0 Å². The highest BCUT2D eigenvalue weighted by Gasteiger charge is 2.40. The van der Waals surface area contributed by atoms with Crippen LogP contribution in [-0.4, -0.2) is 37.1 Å². The highest BCUT2D eigenvalue weighted by Crippen LogP contribution is 2.47. The molecule has 6 atom stereocenters. The molecule has 0 saturated heterocycles. The van der Waals surface area contributed by atoms with Gasteiger partial charge >= 0.3 is 23.9 Å². The lowest BCUT2D eigenvalue weighted by molar-refractivity contribution is -0.156. The predicted octanol–water partition coefficient (Wildman–Crippen LogP) is 9.80. The second-order valence-corrected chi connectivity index (χ2v) is 14.2. The molecule has 0 amide bonds. The number of carbonyl (C=O) groups is 4. The number of rotatable bonds is 12. The zero-order valence-electron chi connectivity index (χ0n) is 25.4. The number of halogens is 6. The van der Waals surface area contributed by atoms with Crippen molar-refractivity contribution in [2.24, 2.45) is 35.5 Å². The Morgan fingerprint density at radius 3 is 1.26 bits per heavy atom. The summed E-state index contributed by atoms with van der Waals surface area (Å²) in [6.07, 6.45) is 3.63. The van der Waals surface area contributed by atoms with Gasteiger partial charge in [-0.25, -0.2) is 19.2 Å². The fourth-order valence-electron chi connectivity index (χ4n) is 5.60. The first-order valence-corrected chi connectivity index (χ1v) is 17.1. The molecular weight excluding hydrogens is 725 g/mol. The normalized spacial score (nSPS) is 21.2. The van der Waals surface area contributed by atoms with Crippen molar-refractivity contribution in [1.29, 1.82) is 0 Å². The zero-order valence-corrected chi connectivity index (χ0v) is 29.9. The maximum absolute atomic E-state index is 13.2. The van der Waals surface area contributed by atoms with E-state index in [4.69, 9.17) is 88.6 Å². The van der Waals surface area contributed by atoms with Crippen molar-refractivity contribution in [1.82, 2.24) is 0 Å². The first-order valence-electron chi connectivity index (χ1n) is 14.8. The maximum atomic E-state index is 13.2. The van der Waals surface area contributed by atoms with Crippen LogP contribution in [0, 0.1) is 35.5 Å². The van der Waals surface area contributed by atoms with Gasteiger partial charge in [0.1, 0.15) is 11.1 Å². The van der Waals surface area contributed by atoms with Gasteiger partial charge in [0.05, 0.1) is 43.3 Å². The van der Waals surface area contributed by atoms with E-state index >= 15 is 0 Å². The molecule has 8 nitrogen and oxygen atoms in total. The molecule has 2 fully saturated rings. The predicted molar refractivity (Wildman–Crippen MR) is 177 cm³/mol. The number of hydrogen-bond donors (Lipinski definition) is 0. The van der Waals surface area contributed by atoms with E-state index in [0.29, 0.717) is 23.7 Å². The summed E-state index contributed by atoms with van der Waals surface area (Å²) >= 11 is 37.5. The van der Waals surface area contributed by atoms with E-state index in [1.54, 1.807) is 0 Å². The molecule has 14 heteroatoms. The van der Waals surface area contributed by atoms with E-state index in [2.05, 4.69) is 13.8 Å². The van der Waals surface area contributed by atoms with E-state index in [-0.39, 0.29) is 55.2 Å². The van der Waals surface area contributed by atoms with Gasteiger partial charge in [-0.2, -0.15) is 0 Å². The van der Waals surface area contributed by atoms with Gasteiger partial charge in [0.2, 0.25) is 0 Å². The average molecular weight is 757 g/mol. The van der Waals surface area contributed by atoms with Gasteiger partial charge in [0.25, 0.3) is 0 Å².